The van der Waals surface area contributed by atoms with Crippen LogP contribution in [0.1, 0.15) is 23.6 Å². The van der Waals surface area contributed by atoms with Crippen LogP contribution in [0.5, 0.6) is 5.75 Å². The Morgan fingerprint density at radius 3 is 1.88 bits per heavy atom. The quantitative estimate of drug-likeness (QED) is 0.310. The van der Waals surface area contributed by atoms with Gasteiger partial charge in [-0.05, 0) is 85.0 Å². The molecule has 0 saturated heterocycles. The molecule has 33 heavy (non-hydrogen) atoms. The van der Waals surface area contributed by atoms with Gasteiger partial charge in [-0.25, -0.2) is 0 Å². The lowest BCUT2D eigenvalue weighted by Gasteiger charge is -2.34. The molecule has 3 aromatic rings. The number of hydrogen-bond acceptors (Lipinski definition) is 4. The molecule has 5 heteroatoms. The summed E-state index contributed by atoms with van der Waals surface area (Å²) < 4.78 is 5.56. The molecule has 0 saturated carbocycles. The molecule has 4 rings (SSSR count). The largest absolute Gasteiger partial charge is 0.427 e. The lowest BCUT2D eigenvalue weighted by atomic mass is 10.2. The van der Waals surface area contributed by atoms with Gasteiger partial charge in [-0.2, -0.15) is 0 Å². The van der Waals surface area contributed by atoms with Crippen molar-refractivity contribution in [1.29, 1.82) is 0 Å². The van der Waals surface area contributed by atoms with Crippen molar-refractivity contribution in [3.63, 3.8) is 0 Å². The number of rotatable bonds is 7. The summed E-state index contributed by atoms with van der Waals surface area (Å²) in [5, 5.41) is 4.34. The SMILES string of the molecule is CC(=O)Oc1ccc2c(c1)[Si](c1ccccc1CN(C)C)(c1ccccc1CN(C)C)CC2. The highest BCUT2D eigenvalue weighted by molar-refractivity contribution is 7.12. The Kier molecular flexibility index (Phi) is 6.84. The lowest BCUT2D eigenvalue weighted by Crippen LogP contribution is -2.67. The number of fused-ring (bicyclic) bond motifs is 1. The lowest BCUT2D eigenvalue weighted by molar-refractivity contribution is -0.131. The molecule has 0 fully saturated rings. The van der Waals surface area contributed by atoms with Crippen molar-refractivity contribution in [1.82, 2.24) is 9.80 Å². The van der Waals surface area contributed by atoms with Crippen LogP contribution in [-0.2, 0) is 24.3 Å². The van der Waals surface area contributed by atoms with Gasteiger partial charge in [0.25, 0.3) is 0 Å². The van der Waals surface area contributed by atoms with Crippen LogP contribution in [0.4, 0.5) is 0 Å². The molecular weight excluding hydrogens is 424 g/mol. The van der Waals surface area contributed by atoms with Crippen LogP contribution < -0.4 is 20.3 Å². The van der Waals surface area contributed by atoms with Gasteiger partial charge in [-0.3, -0.25) is 4.79 Å². The number of carbonyl (C=O) groups is 1. The van der Waals surface area contributed by atoms with Gasteiger partial charge in [0.1, 0.15) is 13.8 Å². The summed E-state index contributed by atoms with van der Waals surface area (Å²) in [6, 6.07) is 25.4. The van der Waals surface area contributed by atoms with Gasteiger partial charge in [0, 0.05) is 20.0 Å². The van der Waals surface area contributed by atoms with Gasteiger partial charge < -0.3 is 14.5 Å². The van der Waals surface area contributed by atoms with Crippen molar-refractivity contribution in [2.75, 3.05) is 28.2 Å². The maximum atomic E-state index is 11.7. The number of carbonyl (C=O) groups excluding carboxylic acids is 1. The van der Waals surface area contributed by atoms with Crippen molar-refractivity contribution in [2.45, 2.75) is 32.5 Å². The number of hydrogen-bond donors (Lipinski definition) is 0. The molecular formula is C28H34N2O2Si. The highest BCUT2D eigenvalue weighted by Crippen LogP contribution is 2.29. The van der Waals surface area contributed by atoms with Crippen molar-refractivity contribution < 1.29 is 9.53 Å². The van der Waals surface area contributed by atoms with Gasteiger partial charge in [-0.1, -0.05) is 54.6 Å². The average molecular weight is 459 g/mol. The van der Waals surface area contributed by atoms with Crippen molar-refractivity contribution in [3.05, 3.63) is 83.4 Å². The minimum atomic E-state index is -2.36. The van der Waals surface area contributed by atoms with Crippen LogP contribution in [0.25, 0.3) is 0 Å². The van der Waals surface area contributed by atoms with E-state index >= 15 is 0 Å². The predicted molar refractivity (Wildman–Crippen MR) is 139 cm³/mol. The summed E-state index contributed by atoms with van der Waals surface area (Å²) in [5.74, 6) is 0.372. The summed E-state index contributed by atoms with van der Waals surface area (Å²) in [4.78, 5) is 16.2. The highest BCUT2D eigenvalue weighted by atomic mass is 28.3. The second-order valence-electron chi connectivity index (χ2n) is 9.61. The van der Waals surface area contributed by atoms with Crippen LogP contribution >= 0.6 is 0 Å². The number of nitrogens with zero attached hydrogens (tertiary/aromatic N) is 2. The molecule has 0 bridgehead atoms. The molecule has 0 aliphatic carbocycles. The Bertz CT molecular complexity index is 1100. The van der Waals surface area contributed by atoms with E-state index in [-0.39, 0.29) is 5.97 Å². The Hall–Kier alpha value is -2.73. The van der Waals surface area contributed by atoms with Gasteiger partial charge in [-0.15, -0.1) is 0 Å². The molecule has 0 radical (unpaired) electrons. The Morgan fingerprint density at radius 1 is 0.818 bits per heavy atom. The predicted octanol–water partition coefficient (Wildman–Crippen LogP) is 2.76. The van der Waals surface area contributed by atoms with E-state index in [9.17, 15) is 4.79 Å². The number of aryl methyl sites for hydroxylation is 1. The molecule has 4 nitrogen and oxygen atoms in total. The van der Waals surface area contributed by atoms with Crippen molar-refractivity contribution in [2.24, 2.45) is 0 Å². The van der Waals surface area contributed by atoms with E-state index < -0.39 is 8.07 Å². The number of esters is 1. The maximum Gasteiger partial charge on any atom is 0.308 e. The number of benzene rings is 3. The normalized spacial score (nSPS) is 14.5. The Morgan fingerprint density at radius 2 is 1.36 bits per heavy atom. The summed E-state index contributed by atoms with van der Waals surface area (Å²) in [7, 11) is 6.17. The second kappa shape index (κ2) is 9.63. The van der Waals surface area contributed by atoms with E-state index in [1.165, 1.54) is 39.2 Å². The molecule has 0 spiro atoms. The first-order valence-corrected chi connectivity index (χ1v) is 13.8. The molecule has 172 valence electrons. The van der Waals surface area contributed by atoms with E-state index in [0.29, 0.717) is 5.75 Å². The molecule has 0 unspecified atom stereocenters. The van der Waals surface area contributed by atoms with E-state index in [2.05, 4.69) is 98.7 Å². The highest BCUT2D eigenvalue weighted by Gasteiger charge is 2.46. The summed E-state index contributed by atoms with van der Waals surface area (Å²) in [6.07, 6.45) is 1.05. The van der Waals surface area contributed by atoms with E-state index in [0.717, 1.165) is 25.6 Å². The zero-order valence-corrected chi connectivity index (χ0v) is 21.4. The molecule has 1 aliphatic rings. The van der Waals surface area contributed by atoms with E-state index in [4.69, 9.17) is 4.74 Å². The van der Waals surface area contributed by atoms with Gasteiger partial charge in [0.05, 0.1) is 0 Å². The zero-order chi connectivity index (χ0) is 23.6. The van der Waals surface area contributed by atoms with Gasteiger partial charge >= 0.3 is 5.97 Å². The molecule has 1 heterocycles. The Labute approximate surface area is 198 Å². The minimum Gasteiger partial charge on any atom is -0.427 e. The van der Waals surface area contributed by atoms with E-state index in [1.807, 2.05) is 6.07 Å². The summed E-state index contributed by atoms with van der Waals surface area (Å²) in [5.41, 5.74) is 4.16. The smallest absolute Gasteiger partial charge is 0.308 e. The first kappa shape index (κ1) is 23.4. The van der Waals surface area contributed by atoms with Crippen molar-refractivity contribution in [3.8, 4) is 5.75 Å². The van der Waals surface area contributed by atoms with Crippen LogP contribution in [0.2, 0.25) is 6.04 Å². The molecule has 0 aromatic heterocycles. The fourth-order valence-electron chi connectivity index (χ4n) is 5.39. The molecule has 3 aromatic carbocycles. The molecule has 0 N–H and O–H groups in total. The molecule has 0 atom stereocenters. The second-order valence-corrected chi connectivity index (χ2v) is 13.5. The average Bonchev–Trinajstić information content (AvgIpc) is 3.13. The fourth-order valence-corrected chi connectivity index (χ4v) is 11.0. The van der Waals surface area contributed by atoms with Crippen LogP contribution in [0, 0.1) is 0 Å². The Balaban J connectivity index is 2.02. The maximum absolute atomic E-state index is 11.7. The van der Waals surface area contributed by atoms with E-state index in [1.54, 1.807) is 0 Å². The topological polar surface area (TPSA) is 32.8 Å². The van der Waals surface area contributed by atoms with Crippen LogP contribution in [0.3, 0.4) is 0 Å². The van der Waals surface area contributed by atoms with Crippen LogP contribution in [0.15, 0.2) is 66.7 Å². The third kappa shape index (κ3) is 4.67. The van der Waals surface area contributed by atoms with Crippen LogP contribution in [-0.4, -0.2) is 52.0 Å². The van der Waals surface area contributed by atoms with Gasteiger partial charge in [0.15, 0.2) is 0 Å². The first-order valence-electron chi connectivity index (χ1n) is 11.6. The number of ether oxygens (including phenoxy) is 1. The molecule has 1 aliphatic heterocycles. The molecule has 0 amide bonds. The summed E-state index contributed by atoms with van der Waals surface area (Å²) >= 11 is 0. The van der Waals surface area contributed by atoms with Gasteiger partial charge in [0.2, 0.25) is 0 Å². The fraction of sp³-hybridized carbons (Fsp3) is 0.321. The standard InChI is InChI=1S/C28H34N2O2Si/c1-21(31)32-25-15-14-22-16-17-33(28(22)18-25,26-12-8-6-10-23(26)19-29(2)3)27-13-9-7-11-24(27)20-30(4)5/h6-15,18H,16-17,19-20H2,1-5H3. The van der Waals surface area contributed by atoms with Crippen molar-refractivity contribution >= 4 is 29.6 Å². The summed E-state index contributed by atoms with van der Waals surface area (Å²) in [6.45, 7) is 3.27. The monoisotopic (exact) mass is 458 g/mol. The third-order valence-corrected chi connectivity index (χ3v) is 11.7. The zero-order valence-electron chi connectivity index (χ0n) is 20.4. The first-order chi connectivity index (χ1) is 15.8. The third-order valence-electron chi connectivity index (χ3n) is 6.50. The minimum absolute atomic E-state index is 0.277.